The number of para-hydroxylation sites is 1. The highest BCUT2D eigenvalue weighted by Gasteiger charge is 2.28. The van der Waals surface area contributed by atoms with Gasteiger partial charge in [0.2, 0.25) is 0 Å². The summed E-state index contributed by atoms with van der Waals surface area (Å²) >= 11 is 1.75. The van der Waals surface area contributed by atoms with E-state index in [2.05, 4.69) is 30.0 Å². The van der Waals surface area contributed by atoms with Gasteiger partial charge in [-0.05, 0) is 38.8 Å². The lowest BCUT2D eigenvalue weighted by atomic mass is 10.0. The molecular weight excluding hydrogens is 310 g/mol. The maximum absolute atomic E-state index is 11.8. The van der Waals surface area contributed by atoms with Crippen LogP contribution in [0.1, 0.15) is 26.7 Å². The fourth-order valence-electron chi connectivity index (χ4n) is 3.11. The molecule has 3 rings (SSSR count). The average Bonchev–Trinajstić information content (AvgIpc) is 3.00. The Hall–Kier alpha value is -1.82. The number of fused-ring (bicyclic) bond motifs is 1. The molecule has 6 heteroatoms. The molecule has 0 atom stereocenters. The first kappa shape index (κ1) is 16.1. The minimum atomic E-state index is -0.186. The lowest BCUT2D eigenvalue weighted by Gasteiger charge is -2.37. The molecule has 1 aliphatic rings. The number of nitrogens with zero attached hydrogens (tertiary/aromatic N) is 3. The number of hydrogen-bond acceptors (Lipinski definition) is 5. The van der Waals surface area contributed by atoms with Gasteiger partial charge in [-0.25, -0.2) is 9.78 Å². The lowest BCUT2D eigenvalue weighted by Crippen LogP contribution is -2.47. The molecule has 0 N–H and O–H groups in total. The van der Waals surface area contributed by atoms with E-state index in [1.54, 1.807) is 11.3 Å². The van der Waals surface area contributed by atoms with Gasteiger partial charge in [0, 0.05) is 25.7 Å². The number of benzene rings is 1. The number of piperidine rings is 1. The van der Waals surface area contributed by atoms with E-state index < -0.39 is 0 Å². The number of anilines is 1. The van der Waals surface area contributed by atoms with Crippen LogP contribution in [-0.2, 0) is 4.74 Å². The van der Waals surface area contributed by atoms with Crippen LogP contribution < -0.4 is 4.90 Å². The molecule has 1 aromatic heterocycles. The molecule has 23 heavy (non-hydrogen) atoms. The number of amides is 1. The van der Waals surface area contributed by atoms with Gasteiger partial charge in [-0.3, -0.25) is 0 Å². The second kappa shape index (κ2) is 7.17. The molecule has 0 bridgehead atoms. The molecule has 0 unspecified atom stereocenters. The standard InChI is InChI=1S/C17H23N3O2S/c1-3-20(16-18-14-7-5-6-8-15(14)23-16)13-9-11-19(12-10-13)17(21)22-4-2/h5-8,13H,3-4,9-12H2,1-2H3. The first-order valence-corrected chi connectivity index (χ1v) is 9.08. The zero-order valence-corrected chi connectivity index (χ0v) is 14.5. The van der Waals surface area contributed by atoms with E-state index in [0.717, 1.165) is 43.1 Å². The first-order valence-electron chi connectivity index (χ1n) is 8.26. The Morgan fingerprint density at radius 1 is 1.35 bits per heavy atom. The van der Waals surface area contributed by atoms with Crippen LogP contribution in [-0.4, -0.2) is 48.3 Å². The van der Waals surface area contributed by atoms with Gasteiger partial charge in [-0.15, -0.1) is 0 Å². The predicted octanol–water partition coefficient (Wildman–Crippen LogP) is 3.74. The summed E-state index contributed by atoms with van der Waals surface area (Å²) in [6, 6.07) is 8.70. The normalized spacial score (nSPS) is 15.8. The van der Waals surface area contributed by atoms with Gasteiger partial charge < -0.3 is 14.5 Å². The average molecular weight is 333 g/mol. The smallest absolute Gasteiger partial charge is 0.409 e. The summed E-state index contributed by atoms with van der Waals surface area (Å²) in [5.41, 5.74) is 1.06. The van der Waals surface area contributed by atoms with E-state index in [1.165, 1.54) is 4.70 Å². The van der Waals surface area contributed by atoms with Crippen LogP contribution in [0.5, 0.6) is 0 Å². The zero-order chi connectivity index (χ0) is 16.2. The van der Waals surface area contributed by atoms with Crippen LogP contribution in [0, 0.1) is 0 Å². The predicted molar refractivity (Wildman–Crippen MR) is 94.3 cm³/mol. The highest BCUT2D eigenvalue weighted by molar-refractivity contribution is 7.22. The summed E-state index contributed by atoms with van der Waals surface area (Å²) < 4.78 is 6.32. The summed E-state index contributed by atoms with van der Waals surface area (Å²) in [6.07, 6.45) is 1.74. The summed E-state index contributed by atoms with van der Waals surface area (Å²) in [6.45, 7) is 6.89. The minimum absolute atomic E-state index is 0.186. The fraction of sp³-hybridized carbons (Fsp3) is 0.529. The number of rotatable bonds is 4. The van der Waals surface area contributed by atoms with Crippen molar-refractivity contribution in [1.82, 2.24) is 9.88 Å². The van der Waals surface area contributed by atoms with Gasteiger partial charge in [0.15, 0.2) is 5.13 Å². The lowest BCUT2D eigenvalue weighted by molar-refractivity contribution is 0.0969. The Morgan fingerprint density at radius 3 is 2.74 bits per heavy atom. The molecule has 0 radical (unpaired) electrons. The molecule has 1 fully saturated rings. The van der Waals surface area contributed by atoms with E-state index in [4.69, 9.17) is 9.72 Å². The number of likely N-dealkylation sites (tertiary alicyclic amines) is 1. The largest absolute Gasteiger partial charge is 0.450 e. The summed E-state index contributed by atoms with van der Waals surface area (Å²) in [4.78, 5) is 20.8. The Kier molecular flexibility index (Phi) is 5.00. The van der Waals surface area contributed by atoms with Gasteiger partial charge in [0.1, 0.15) is 0 Å². The van der Waals surface area contributed by atoms with Crippen molar-refractivity contribution < 1.29 is 9.53 Å². The molecule has 1 aliphatic heterocycles. The molecule has 2 heterocycles. The van der Waals surface area contributed by atoms with E-state index in [9.17, 15) is 4.79 Å². The Morgan fingerprint density at radius 2 is 2.09 bits per heavy atom. The van der Waals surface area contributed by atoms with Gasteiger partial charge in [-0.1, -0.05) is 23.5 Å². The molecule has 124 valence electrons. The number of carbonyl (C=O) groups is 1. The fourth-order valence-corrected chi connectivity index (χ4v) is 4.21. The first-order chi connectivity index (χ1) is 11.2. The third kappa shape index (κ3) is 3.42. The number of ether oxygens (including phenoxy) is 1. The quantitative estimate of drug-likeness (QED) is 0.855. The van der Waals surface area contributed by atoms with Gasteiger partial charge in [0.05, 0.1) is 16.8 Å². The highest BCUT2D eigenvalue weighted by Crippen LogP contribution is 2.31. The van der Waals surface area contributed by atoms with Crippen molar-refractivity contribution in [2.24, 2.45) is 0 Å². The minimum Gasteiger partial charge on any atom is -0.450 e. The third-order valence-electron chi connectivity index (χ3n) is 4.30. The van der Waals surface area contributed by atoms with Crippen LogP contribution in [0.3, 0.4) is 0 Å². The number of hydrogen-bond donors (Lipinski definition) is 0. The second-order valence-electron chi connectivity index (χ2n) is 5.67. The van der Waals surface area contributed by atoms with E-state index in [-0.39, 0.29) is 6.09 Å². The van der Waals surface area contributed by atoms with Crippen LogP contribution in [0.15, 0.2) is 24.3 Å². The summed E-state index contributed by atoms with van der Waals surface area (Å²) in [5.74, 6) is 0. The monoisotopic (exact) mass is 333 g/mol. The zero-order valence-electron chi connectivity index (χ0n) is 13.7. The number of aromatic nitrogens is 1. The second-order valence-corrected chi connectivity index (χ2v) is 6.68. The Labute approximate surface area is 140 Å². The Bertz CT molecular complexity index is 632. The van der Waals surface area contributed by atoms with Gasteiger partial charge in [0.25, 0.3) is 0 Å². The van der Waals surface area contributed by atoms with Crippen molar-refractivity contribution in [3.63, 3.8) is 0 Å². The molecule has 0 saturated carbocycles. The highest BCUT2D eigenvalue weighted by atomic mass is 32.1. The molecule has 1 amide bonds. The summed E-state index contributed by atoms with van der Waals surface area (Å²) in [7, 11) is 0. The van der Waals surface area contributed by atoms with Crippen LogP contribution in [0.25, 0.3) is 10.2 Å². The van der Waals surface area contributed by atoms with Crippen molar-refractivity contribution in [2.75, 3.05) is 31.1 Å². The van der Waals surface area contributed by atoms with Crippen molar-refractivity contribution in [1.29, 1.82) is 0 Å². The van der Waals surface area contributed by atoms with E-state index >= 15 is 0 Å². The Balaban J connectivity index is 1.69. The third-order valence-corrected chi connectivity index (χ3v) is 5.37. The van der Waals surface area contributed by atoms with Crippen molar-refractivity contribution in [3.05, 3.63) is 24.3 Å². The maximum Gasteiger partial charge on any atom is 0.409 e. The topological polar surface area (TPSA) is 45.7 Å². The number of carbonyl (C=O) groups excluding carboxylic acids is 1. The molecular formula is C17H23N3O2S. The molecule has 2 aromatic rings. The van der Waals surface area contributed by atoms with Crippen molar-refractivity contribution in [2.45, 2.75) is 32.7 Å². The van der Waals surface area contributed by atoms with Crippen LogP contribution in [0.2, 0.25) is 0 Å². The van der Waals surface area contributed by atoms with Crippen molar-refractivity contribution >= 4 is 32.8 Å². The van der Waals surface area contributed by atoms with E-state index in [0.29, 0.717) is 12.6 Å². The molecule has 0 aliphatic carbocycles. The molecule has 1 aromatic carbocycles. The van der Waals surface area contributed by atoms with E-state index in [1.807, 2.05) is 17.9 Å². The molecule has 1 saturated heterocycles. The molecule has 0 spiro atoms. The summed E-state index contributed by atoms with van der Waals surface area (Å²) in [5, 5.41) is 1.09. The van der Waals surface area contributed by atoms with Gasteiger partial charge in [-0.2, -0.15) is 0 Å². The van der Waals surface area contributed by atoms with Gasteiger partial charge >= 0.3 is 6.09 Å². The SMILES string of the molecule is CCOC(=O)N1CCC(N(CC)c2nc3ccccc3s2)CC1. The number of thiazole rings is 1. The van der Waals surface area contributed by atoms with Crippen molar-refractivity contribution in [3.8, 4) is 0 Å². The maximum atomic E-state index is 11.8. The van der Waals surface area contributed by atoms with Crippen LogP contribution in [0.4, 0.5) is 9.93 Å². The molecule has 5 nitrogen and oxygen atoms in total. The van der Waals surface area contributed by atoms with Crippen LogP contribution >= 0.6 is 11.3 Å².